The van der Waals surface area contributed by atoms with E-state index in [0.29, 0.717) is 5.75 Å². The smallest absolute Gasteiger partial charge is 0.335 e. The van der Waals surface area contributed by atoms with Crippen LogP contribution in [0.25, 0.3) is 0 Å². The Balaban J connectivity index is 2.06. The molecule has 3 rings (SSSR count). The van der Waals surface area contributed by atoms with Gasteiger partial charge in [0.2, 0.25) is 0 Å². The van der Waals surface area contributed by atoms with Gasteiger partial charge in [0.05, 0.1) is 5.69 Å². The van der Waals surface area contributed by atoms with Crippen molar-refractivity contribution in [3.8, 4) is 5.75 Å². The molecule has 1 aromatic carbocycles. The number of hydrazine groups is 1. The maximum atomic E-state index is 11.9. The molecule has 2 aliphatic heterocycles. The molecule has 1 unspecified atom stereocenters. The number of ether oxygens (including phenoxy) is 1. The number of fused-ring (bicyclic) bond motifs is 3. The topological polar surface area (TPSA) is 87.9 Å². The van der Waals surface area contributed by atoms with Crippen molar-refractivity contribution < 1.29 is 14.3 Å². The molecule has 0 saturated carbocycles. The molecule has 0 radical (unpaired) electrons. The summed E-state index contributed by atoms with van der Waals surface area (Å²) < 4.78 is 5.61. The van der Waals surface area contributed by atoms with Crippen molar-refractivity contribution in [1.82, 2.24) is 10.4 Å². The second-order valence-electron chi connectivity index (χ2n) is 4.53. The molecule has 19 heavy (non-hydrogen) atoms. The first kappa shape index (κ1) is 11.6. The van der Waals surface area contributed by atoms with Gasteiger partial charge in [0.15, 0.2) is 6.17 Å². The number of benzene rings is 1. The van der Waals surface area contributed by atoms with Crippen molar-refractivity contribution in [1.29, 1.82) is 0 Å². The van der Waals surface area contributed by atoms with Crippen molar-refractivity contribution in [2.24, 2.45) is 5.73 Å². The number of para-hydroxylation sites is 2. The zero-order chi connectivity index (χ0) is 13.6. The van der Waals surface area contributed by atoms with Crippen molar-refractivity contribution in [3.63, 3.8) is 0 Å². The van der Waals surface area contributed by atoms with E-state index in [2.05, 4.69) is 5.43 Å². The lowest BCUT2D eigenvalue weighted by atomic mass is 10.1. The summed E-state index contributed by atoms with van der Waals surface area (Å²) in [5.41, 5.74) is 8.57. The Morgan fingerprint density at radius 2 is 2.21 bits per heavy atom. The molecule has 1 saturated heterocycles. The number of nitrogens with zero attached hydrogens (tertiary/aromatic N) is 2. The third-order valence-electron chi connectivity index (χ3n) is 3.42. The highest BCUT2D eigenvalue weighted by atomic mass is 16.5. The van der Waals surface area contributed by atoms with Crippen LogP contribution in [0.3, 0.4) is 0 Å². The van der Waals surface area contributed by atoms with Gasteiger partial charge in [0.1, 0.15) is 18.4 Å². The quantitative estimate of drug-likeness (QED) is 0.690. The zero-order valence-electron chi connectivity index (χ0n) is 10.4. The highest BCUT2D eigenvalue weighted by Gasteiger charge is 2.43. The van der Waals surface area contributed by atoms with Crippen LogP contribution in [-0.2, 0) is 4.79 Å². The molecular formula is C12H14N4O3. The predicted octanol–water partition coefficient (Wildman–Crippen LogP) is 0.0255. The average molecular weight is 262 g/mol. The zero-order valence-corrected chi connectivity index (χ0v) is 10.4. The summed E-state index contributed by atoms with van der Waals surface area (Å²) in [6, 6.07) is 6.30. The molecule has 1 fully saturated rings. The van der Waals surface area contributed by atoms with E-state index >= 15 is 0 Å². The molecule has 3 N–H and O–H groups in total. The van der Waals surface area contributed by atoms with Gasteiger partial charge in [-0.25, -0.2) is 9.80 Å². The van der Waals surface area contributed by atoms with Crippen LogP contribution in [0.2, 0.25) is 0 Å². The minimum Gasteiger partial charge on any atom is -0.487 e. The Bertz CT molecular complexity index is 548. The summed E-state index contributed by atoms with van der Waals surface area (Å²) in [7, 11) is 0. The van der Waals surface area contributed by atoms with Crippen LogP contribution >= 0.6 is 0 Å². The van der Waals surface area contributed by atoms with Crippen molar-refractivity contribution in [2.45, 2.75) is 19.1 Å². The molecule has 2 aliphatic rings. The molecule has 2 atom stereocenters. The number of hydrogen-bond acceptors (Lipinski definition) is 4. The van der Waals surface area contributed by atoms with Crippen LogP contribution in [-0.4, -0.2) is 35.8 Å². The summed E-state index contributed by atoms with van der Waals surface area (Å²) >= 11 is 0. The minimum absolute atomic E-state index is 0.255. The lowest BCUT2D eigenvalue weighted by Gasteiger charge is -2.49. The molecule has 3 amide bonds. The van der Waals surface area contributed by atoms with Gasteiger partial charge in [-0.1, -0.05) is 12.1 Å². The Kier molecular flexibility index (Phi) is 2.48. The van der Waals surface area contributed by atoms with Crippen LogP contribution in [0.1, 0.15) is 6.92 Å². The van der Waals surface area contributed by atoms with E-state index in [1.54, 1.807) is 6.92 Å². The van der Waals surface area contributed by atoms with Gasteiger partial charge in [0.25, 0.3) is 5.91 Å². The fourth-order valence-corrected chi connectivity index (χ4v) is 2.48. The second kappa shape index (κ2) is 4.04. The number of primary amides is 1. The van der Waals surface area contributed by atoms with Gasteiger partial charge in [-0.3, -0.25) is 10.2 Å². The highest BCUT2D eigenvalue weighted by molar-refractivity contribution is 5.90. The molecule has 0 bridgehead atoms. The van der Waals surface area contributed by atoms with E-state index in [1.807, 2.05) is 29.2 Å². The van der Waals surface area contributed by atoms with Crippen LogP contribution < -0.4 is 20.8 Å². The Morgan fingerprint density at radius 3 is 2.95 bits per heavy atom. The van der Waals surface area contributed by atoms with Gasteiger partial charge < -0.3 is 15.4 Å². The molecule has 0 aromatic heterocycles. The van der Waals surface area contributed by atoms with Gasteiger partial charge in [-0.15, -0.1) is 0 Å². The maximum Gasteiger partial charge on any atom is 0.335 e. The van der Waals surface area contributed by atoms with E-state index < -0.39 is 18.2 Å². The third-order valence-corrected chi connectivity index (χ3v) is 3.42. The minimum atomic E-state index is -0.710. The van der Waals surface area contributed by atoms with E-state index in [4.69, 9.17) is 10.5 Å². The average Bonchev–Trinajstić information content (AvgIpc) is 2.41. The highest BCUT2D eigenvalue weighted by Crippen LogP contribution is 2.36. The van der Waals surface area contributed by atoms with E-state index in [0.717, 1.165) is 10.7 Å². The summed E-state index contributed by atoms with van der Waals surface area (Å²) in [6.07, 6.45) is -0.430. The normalized spacial score (nSPS) is 25.0. The summed E-state index contributed by atoms with van der Waals surface area (Å²) in [5.74, 6) is 0.427. The number of hydrogen-bond donors (Lipinski definition) is 2. The Morgan fingerprint density at radius 1 is 1.47 bits per heavy atom. The van der Waals surface area contributed by atoms with Gasteiger partial charge in [0, 0.05) is 0 Å². The number of nitrogens with one attached hydrogen (secondary N) is 1. The largest absolute Gasteiger partial charge is 0.487 e. The third kappa shape index (κ3) is 1.66. The summed E-state index contributed by atoms with van der Waals surface area (Å²) in [6.45, 7) is 2.04. The number of urea groups is 1. The number of amides is 3. The van der Waals surface area contributed by atoms with Gasteiger partial charge >= 0.3 is 6.03 Å². The van der Waals surface area contributed by atoms with Crippen LogP contribution in [0.15, 0.2) is 24.3 Å². The SMILES string of the molecule is C[C@@H]1C(=O)NN(C(N)=O)C2COc3ccccc3N21. The molecule has 0 aliphatic carbocycles. The van der Waals surface area contributed by atoms with Crippen LogP contribution in [0.4, 0.5) is 10.5 Å². The van der Waals surface area contributed by atoms with E-state index in [1.165, 1.54) is 0 Å². The number of anilines is 1. The lowest BCUT2D eigenvalue weighted by molar-refractivity contribution is -0.130. The molecular weight excluding hydrogens is 248 g/mol. The molecule has 0 spiro atoms. The molecule has 2 heterocycles. The standard InChI is InChI=1S/C12H14N4O3/c1-7-11(17)14-16(12(13)18)10-6-19-9-5-3-2-4-8(9)15(7)10/h2-5,7,10H,6H2,1H3,(H2,13,18)(H,14,17)/t7-,10?/m1/s1. The molecule has 1 aromatic rings. The van der Waals surface area contributed by atoms with Crippen molar-refractivity contribution in [2.75, 3.05) is 11.5 Å². The molecule has 7 nitrogen and oxygen atoms in total. The van der Waals surface area contributed by atoms with Gasteiger partial charge in [-0.05, 0) is 19.1 Å². The van der Waals surface area contributed by atoms with Crippen LogP contribution in [0, 0.1) is 0 Å². The molecule has 100 valence electrons. The van der Waals surface area contributed by atoms with Gasteiger partial charge in [-0.2, -0.15) is 0 Å². The summed E-state index contributed by atoms with van der Waals surface area (Å²) in [5, 5.41) is 1.11. The molecule has 7 heteroatoms. The first-order valence-corrected chi connectivity index (χ1v) is 5.99. The van der Waals surface area contributed by atoms with Crippen LogP contribution in [0.5, 0.6) is 5.75 Å². The Hall–Kier alpha value is -2.44. The second-order valence-corrected chi connectivity index (χ2v) is 4.53. The first-order valence-electron chi connectivity index (χ1n) is 5.99. The monoisotopic (exact) mass is 262 g/mol. The first-order chi connectivity index (χ1) is 9.09. The number of nitrogens with two attached hydrogens (primary N) is 1. The fourth-order valence-electron chi connectivity index (χ4n) is 2.48. The fraction of sp³-hybridized carbons (Fsp3) is 0.333. The maximum absolute atomic E-state index is 11.9. The number of carbonyl (C=O) groups excluding carboxylic acids is 2. The number of carbonyl (C=O) groups is 2. The predicted molar refractivity (Wildman–Crippen MR) is 67.2 cm³/mol. The van der Waals surface area contributed by atoms with Crippen molar-refractivity contribution >= 4 is 17.6 Å². The van der Waals surface area contributed by atoms with E-state index in [-0.39, 0.29) is 12.5 Å². The Labute approximate surface area is 109 Å². The van der Waals surface area contributed by atoms with Crippen molar-refractivity contribution in [3.05, 3.63) is 24.3 Å². The lowest BCUT2D eigenvalue weighted by Crippen LogP contribution is -2.72. The summed E-state index contributed by atoms with van der Waals surface area (Å²) in [4.78, 5) is 25.2. The van der Waals surface area contributed by atoms with E-state index in [9.17, 15) is 9.59 Å². The number of rotatable bonds is 0.